The predicted octanol–water partition coefficient (Wildman–Crippen LogP) is 11.2. The van der Waals surface area contributed by atoms with E-state index in [0.717, 1.165) is 30.1 Å². The van der Waals surface area contributed by atoms with E-state index in [1.165, 1.54) is 79.3 Å². The standard InChI is InChI=1S/C27H27F3O.C12H22/c1-18-6-11-22(26(16-18)27(28,29)30)17-31-23-14-9-20(10-15-23)8-13-21-12-7-19(2)24-4-3-5-25(21)24;1-3-10(2)12(7-8-12)9-11-5-4-6-11/h6-7,9-12,14-16H,3-5,8,13,17H2,1-2H3;10-11H,3-9H2,1-2H3. The first-order chi connectivity index (χ1) is 20.6. The molecule has 3 aliphatic rings. The molecule has 0 saturated heterocycles. The van der Waals surface area contributed by atoms with Crippen LogP contribution in [0.3, 0.4) is 0 Å². The summed E-state index contributed by atoms with van der Waals surface area (Å²) in [6.45, 7) is 8.56. The molecule has 43 heavy (non-hydrogen) atoms. The molecule has 6 rings (SSSR count). The number of hydrogen-bond donors (Lipinski definition) is 0. The van der Waals surface area contributed by atoms with Gasteiger partial charge in [0.1, 0.15) is 12.4 Å². The molecule has 1 unspecified atom stereocenters. The SMILES string of the molecule is CCC(C)C1(CC2CCC2)CC1.Cc1ccc(COc2ccc(CCc3ccc(C)c4c3CCC4)cc2)c(C(F)(F)F)c1. The molecule has 3 aromatic rings. The Hall–Kier alpha value is -2.75. The van der Waals surface area contributed by atoms with E-state index in [2.05, 4.69) is 32.9 Å². The van der Waals surface area contributed by atoms with Crippen LogP contribution in [0.4, 0.5) is 13.2 Å². The summed E-state index contributed by atoms with van der Waals surface area (Å²) in [5.41, 5.74) is 8.06. The van der Waals surface area contributed by atoms with Crippen molar-refractivity contribution in [3.05, 3.63) is 99.1 Å². The molecular formula is C39H49F3O. The Kier molecular flexibility index (Phi) is 9.93. The number of aryl methyl sites for hydroxylation is 4. The quantitative estimate of drug-likeness (QED) is 0.228. The maximum absolute atomic E-state index is 13.3. The smallest absolute Gasteiger partial charge is 0.416 e. The van der Waals surface area contributed by atoms with Gasteiger partial charge >= 0.3 is 6.18 Å². The van der Waals surface area contributed by atoms with Crippen LogP contribution in [0.2, 0.25) is 0 Å². The Labute approximate surface area is 257 Å². The van der Waals surface area contributed by atoms with E-state index in [0.29, 0.717) is 11.3 Å². The molecule has 0 heterocycles. The number of rotatable bonds is 10. The fourth-order valence-electron chi connectivity index (χ4n) is 7.23. The Balaban J connectivity index is 0.000000255. The lowest BCUT2D eigenvalue weighted by Crippen LogP contribution is -2.21. The highest BCUT2D eigenvalue weighted by atomic mass is 19.4. The van der Waals surface area contributed by atoms with Crippen LogP contribution < -0.4 is 4.74 Å². The van der Waals surface area contributed by atoms with Gasteiger partial charge in [0.25, 0.3) is 0 Å². The second-order valence-electron chi connectivity index (χ2n) is 13.6. The molecule has 0 aromatic heterocycles. The Morgan fingerprint density at radius 1 is 0.860 bits per heavy atom. The molecule has 0 N–H and O–H groups in total. The molecule has 0 bridgehead atoms. The molecule has 4 heteroatoms. The maximum Gasteiger partial charge on any atom is 0.416 e. The zero-order chi connectivity index (χ0) is 30.6. The van der Waals surface area contributed by atoms with Crippen LogP contribution in [0.15, 0.2) is 54.6 Å². The predicted molar refractivity (Wildman–Crippen MR) is 171 cm³/mol. The summed E-state index contributed by atoms with van der Waals surface area (Å²) in [5, 5.41) is 0. The van der Waals surface area contributed by atoms with Crippen LogP contribution in [0.25, 0.3) is 0 Å². The monoisotopic (exact) mass is 590 g/mol. The number of hydrogen-bond acceptors (Lipinski definition) is 1. The third kappa shape index (κ3) is 7.86. The van der Waals surface area contributed by atoms with E-state index in [1.807, 2.05) is 24.3 Å². The highest BCUT2D eigenvalue weighted by molar-refractivity contribution is 5.44. The van der Waals surface area contributed by atoms with Crippen molar-refractivity contribution in [2.24, 2.45) is 17.3 Å². The first kappa shape index (κ1) is 31.7. The molecule has 2 saturated carbocycles. The van der Waals surface area contributed by atoms with E-state index >= 15 is 0 Å². The molecule has 0 aliphatic heterocycles. The van der Waals surface area contributed by atoms with E-state index in [-0.39, 0.29) is 12.2 Å². The summed E-state index contributed by atoms with van der Waals surface area (Å²) in [6.07, 6.45) is 11.8. The summed E-state index contributed by atoms with van der Waals surface area (Å²) in [7, 11) is 0. The van der Waals surface area contributed by atoms with Crippen molar-refractivity contribution in [2.75, 3.05) is 0 Å². The van der Waals surface area contributed by atoms with E-state index in [4.69, 9.17) is 4.74 Å². The van der Waals surface area contributed by atoms with Crippen molar-refractivity contribution in [3.63, 3.8) is 0 Å². The number of alkyl halides is 3. The minimum atomic E-state index is -4.38. The van der Waals surface area contributed by atoms with Gasteiger partial charge in [-0.25, -0.2) is 0 Å². The van der Waals surface area contributed by atoms with Crippen molar-refractivity contribution in [2.45, 2.75) is 118 Å². The maximum atomic E-state index is 13.3. The Morgan fingerprint density at radius 2 is 1.56 bits per heavy atom. The van der Waals surface area contributed by atoms with Crippen molar-refractivity contribution in [1.82, 2.24) is 0 Å². The van der Waals surface area contributed by atoms with E-state index in [1.54, 1.807) is 37.8 Å². The Morgan fingerprint density at radius 3 is 2.19 bits per heavy atom. The van der Waals surface area contributed by atoms with Crippen molar-refractivity contribution >= 4 is 0 Å². The second kappa shape index (κ2) is 13.5. The molecule has 0 radical (unpaired) electrons. The van der Waals surface area contributed by atoms with Gasteiger partial charge in [-0.2, -0.15) is 13.2 Å². The molecular weight excluding hydrogens is 541 g/mol. The normalized spacial score (nSPS) is 17.8. The van der Waals surface area contributed by atoms with Crippen LogP contribution in [0.5, 0.6) is 5.75 Å². The average molecular weight is 591 g/mol. The minimum absolute atomic E-state index is 0.107. The topological polar surface area (TPSA) is 9.23 Å². The largest absolute Gasteiger partial charge is 0.489 e. The number of fused-ring (bicyclic) bond motifs is 1. The molecule has 0 spiro atoms. The highest BCUT2D eigenvalue weighted by Crippen LogP contribution is 2.59. The van der Waals surface area contributed by atoms with Crippen molar-refractivity contribution in [3.8, 4) is 5.75 Å². The minimum Gasteiger partial charge on any atom is -0.489 e. The van der Waals surface area contributed by atoms with Gasteiger partial charge in [-0.15, -0.1) is 0 Å². The van der Waals surface area contributed by atoms with Gasteiger partial charge in [-0.1, -0.05) is 81.5 Å². The van der Waals surface area contributed by atoms with Gasteiger partial charge in [-0.3, -0.25) is 0 Å². The molecule has 1 atom stereocenters. The average Bonchev–Trinajstić information content (AvgIpc) is 3.59. The number of ether oxygens (including phenoxy) is 1. The fourth-order valence-corrected chi connectivity index (χ4v) is 7.23. The molecule has 0 amide bonds. The third-order valence-corrected chi connectivity index (χ3v) is 10.7. The fraction of sp³-hybridized carbons (Fsp3) is 0.538. The highest BCUT2D eigenvalue weighted by Gasteiger charge is 2.47. The number of halogens is 3. The van der Waals surface area contributed by atoms with Gasteiger partial charge in [0.2, 0.25) is 0 Å². The number of benzene rings is 3. The molecule has 232 valence electrons. The zero-order valence-electron chi connectivity index (χ0n) is 26.6. The van der Waals surface area contributed by atoms with Gasteiger partial charge in [-0.05, 0) is 128 Å². The van der Waals surface area contributed by atoms with Crippen LogP contribution >= 0.6 is 0 Å². The summed E-state index contributed by atoms with van der Waals surface area (Å²) in [5.74, 6) is 2.70. The van der Waals surface area contributed by atoms with Gasteiger partial charge in [0.05, 0.1) is 5.56 Å². The molecule has 3 aliphatic carbocycles. The summed E-state index contributed by atoms with van der Waals surface area (Å²) in [6, 6.07) is 16.5. The third-order valence-electron chi connectivity index (χ3n) is 10.7. The van der Waals surface area contributed by atoms with E-state index in [9.17, 15) is 13.2 Å². The van der Waals surface area contributed by atoms with Gasteiger partial charge in [0.15, 0.2) is 0 Å². The molecule has 3 aromatic carbocycles. The lowest BCUT2D eigenvalue weighted by molar-refractivity contribution is -0.138. The van der Waals surface area contributed by atoms with Gasteiger partial charge in [0, 0.05) is 5.56 Å². The van der Waals surface area contributed by atoms with Crippen molar-refractivity contribution in [1.29, 1.82) is 0 Å². The Bertz CT molecular complexity index is 1360. The van der Waals surface area contributed by atoms with E-state index < -0.39 is 11.7 Å². The molecule has 2 fully saturated rings. The zero-order valence-corrected chi connectivity index (χ0v) is 26.6. The lowest BCUT2D eigenvalue weighted by Gasteiger charge is -2.32. The second-order valence-corrected chi connectivity index (χ2v) is 13.6. The molecule has 1 nitrogen and oxygen atoms in total. The first-order valence-electron chi connectivity index (χ1n) is 16.6. The summed E-state index contributed by atoms with van der Waals surface area (Å²) < 4.78 is 45.5. The lowest BCUT2D eigenvalue weighted by atomic mass is 9.73. The summed E-state index contributed by atoms with van der Waals surface area (Å²) in [4.78, 5) is 0. The van der Waals surface area contributed by atoms with Crippen LogP contribution in [-0.2, 0) is 38.5 Å². The van der Waals surface area contributed by atoms with Crippen LogP contribution in [0, 0.1) is 31.1 Å². The first-order valence-corrected chi connectivity index (χ1v) is 16.6. The van der Waals surface area contributed by atoms with Crippen LogP contribution in [-0.4, -0.2) is 0 Å². The summed E-state index contributed by atoms with van der Waals surface area (Å²) >= 11 is 0. The van der Waals surface area contributed by atoms with Crippen molar-refractivity contribution < 1.29 is 17.9 Å². The van der Waals surface area contributed by atoms with Crippen LogP contribution in [0.1, 0.15) is 110 Å². The van der Waals surface area contributed by atoms with Gasteiger partial charge < -0.3 is 4.74 Å².